The molecule has 0 fully saturated rings. The molecule has 0 aliphatic heterocycles. The highest BCUT2D eigenvalue weighted by Crippen LogP contribution is 2.32. The van der Waals surface area contributed by atoms with E-state index in [-0.39, 0.29) is 5.41 Å². The van der Waals surface area contributed by atoms with E-state index in [2.05, 4.69) is 58.5 Å². The number of nitrogens with one attached hydrogen (secondary N) is 2. The van der Waals surface area contributed by atoms with E-state index in [1.54, 1.807) is 13.4 Å². The van der Waals surface area contributed by atoms with Gasteiger partial charge in [0.25, 0.3) is 0 Å². The number of fused-ring (bicyclic) bond motifs is 1. The molecular formula is C24H30N8O. The molecule has 0 aliphatic carbocycles. The van der Waals surface area contributed by atoms with Crippen LogP contribution in [-0.4, -0.2) is 43.4 Å². The van der Waals surface area contributed by atoms with Crippen LogP contribution in [-0.2, 0) is 6.54 Å². The highest BCUT2D eigenvalue weighted by atomic mass is 16.5. The molecule has 9 heteroatoms. The molecule has 0 spiro atoms. The van der Waals surface area contributed by atoms with Crippen molar-refractivity contribution in [3.8, 4) is 17.1 Å². The Hall–Kier alpha value is -3.75. The number of pyridine rings is 1. The fourth-order valence-electron chi connectivity index (χ4n) is 3.47. The average Bonchev–Trinajstić information content (AvgIpc) is 3.26. The summed E-state index contributed by atoms with van der Waals surface area (Å²) >= 11 is 0. The third-order valence-electron chi connectivity index (χ3n) is 5.14. The number of ether oxygens (including phenoxy) is 1. The largest absolute Gasteiger partial charge is 0.495 e. The number of nitrogens with zero attached hydrogens (tertiary/aromatic N) is 6. The summed E-state index contributed by atoms with van der Waals surface area (Å²) < 4.78 is 7.61. The van der Waals surface area contributed by atoms with Gasteiger partial charge in [0.15, 0.2) is 11.6 Å². The van der Waals surface area contributed by atoms with Gasteiger partial charge in [-0.15, -0.1) is 10.2 Å². The number of anilines is 3. The summed E-state index contributed by atoms with van der Waals surface area (Å²) in [4.78, 5) is 13.9. The van der Waals surface area contributed by atoms with E-state index in [0.717, 1.165) is 52.6 Å². The maximum Gasteiger partial charge on any atom is 0.227 e. The van der Waals surface area contributed by atoms with E-state index in [1.165, 1.54) is 0 Å². The highest BCUT2D eigenvalue weighted by Gasteiger charge is 2.15. The van der Waals surface area contributed by atoms with E-state index in [4.69, 9.17) is 9.72 Å². The Labute approximate surface area is 193 Å². The van der Waals surface area contributed by atoms with Gasteiger partial charge in [0.05, 0.1) is 12.8 Å². The third kappa shape index (κ3) is 5.02. The quantitative estimate of drug-likeness (QED) is 0.416. The molecule has 1 aromatic carbocycles. The van der Waals surface area contributed by atoms with E-state index >= 15 is 0 Å². The van der Waals surface area contributed by atoms with Crippen LogP contribution in [0.2, 0.25) is 0 Å². The minimum absolute atomic E-state index is 0.114. The Bertz CT molecular complexity index is 1280. The van der Waals surface area contributed by atoms with Crippen molar-refractivity contribution in [2.24, 2.45) is 5.41 Å². The Morgan fingerprint density at radius 2 is 1.94 bits per heavy atom. The topological polar surface area (TPSA) is 103 Å². The summed E-state index contributed by atoms with van der Waals surface area (Å²) in [6.07, 6.45) is 3.53. The van der Waals surface area contributed by atoms with Crippen LogP contribution in [0.25, 0.3) is 22.3 Å². The molecule has 2 N–H and O–H groups in total. The fraction of sp³-hybridized carbons (Fsp3) is 0.375. The molecule has 0 saturated carbocycles. The van der Waals surface area contributed by atoms with Crippen molar-refractivity contribution in [2.45, 2.75) is 41.2 Å². The number of rotatable bonds is 7. The summed E-state index contributed by atoms with van der Waals surface area (Å²) in [6, 6.07) is 7.83. The van der Waals surface area contributed by atoms with Crippen LogP contribution in [0.4, 0.5) is 17.5 Å². The standard InChI is InChI=1S/C24H30N8O/c1-7-32-14-27-31-22(32)16-8-9-18(19(11-16)33-6)29-23-25-12-17-10-15(2)28-21(20(17)30-23)26-13-24(3,4)5/h8-12,14H,7,13H2,1-6H3,(H,26,28)(H,25,29,30). The Morgan fingerprint density at radius 1 is 1.12 bits per heavy atom. The molecule has 0 unspecified atom stereocenters. The molecular weight excluding hydrogens is 416 g/mol. The zero-order valence-electron chi connectivity index (χ0n) is 20.0. The van der Waals surface area contributed by atoms with Gasteiger partial charge < -0.3 is 19.9 Å². The normalized spacial score (nSPS) is 11.6. The molecule has 3 heterocycles. The maximum atomic E-state index is 5.63. The van der Waals surface area contributed by atoms with Crippen LogP contribution < -0.4 is 15.4 Å². The van der Waals surface area contributed by atoms with Crippen LogP contribution in [0.15, 0.2) is 36.8 Å². The first-order chi connectivity index (χ1) is 15.8. The summed E-state index contributed by atoms with van der Waals surface area (Å²) in [5.41, 5.74) is 3.48. The van der Waals surface area contributed by atoms with Gasteiger partial charge in [-0.2, -0.15) is 0 Å². The van der Waals surface area contributed by atoms with Crippen molar-refractivity contribution < 1.29 is 4.74 Å². The minimum atomic E-state index is 0.114. The van der Waals surface area contributed by atoms with Gasteiger partial charge in [-0.25, -0.2) is 15.0 Å². The SMILES string of the molecule is CCn1cnnc1-c1ccc(Nc2ncc3cc(C)nc(NCC(C)(C)C)c3n2)c(OC)c1. The first kappa shape index (κ1) is 22.4. The van der Waals surface area contributed by atoms with Gasteiger partial charge in [0.2, 0.25) is 5.95 Å². The number of aromatic nitrogens is 6. The zero-order chi connectivity index (χ0) is 23.6. The third-order valence-corrected chi connectivity index (χ3v) is 5.14. The first-order valence-corrected chi connectivity index (χ1v) is 11.0. The second-order valence-electron chi connectivity index (χ2n) is 9.14. The van der Waals surface area contributed by atoms with Crippen molar-refractivity contribution in [1.29, 1.82) is 0 Å². The van der Waals surface area contributed by atoms with Gasteiger partial charge in [0, 0.05) is 35.9 Å². The molecule has 0 saturated heterocycles. The number of hydrogen-bond acceptors (Lipinski definition) is 8. The second kappa shape index (κ2) is 9.01. The smallest absolute Gasteiger partial charge is 0.227 e. The van der Waals surface area contributed by atoms with E-state index in [9.17, 15) is 0 Å². The first-order valence-electron chi connectivity index (χ1n) is 11.0. The van der Waals surface area contributed by atoms with Crippen LogP contribution in [0, 0.1) is 12.3 Å². The van der Waals surface area contributed by atoms with Crippen molar-refractivity contribution in [3.05, 3.63) is 42.5 Å². The van der Waals surface area contributed by atoms with E-state index in [0.29, 0.717) is 11.7 Å². The van der Waals surface area contributed by atoms with Crippen molar-refractivity contribution >= 4 is 28.4 Å². The summed E-state index contributed by atoms with van der Waals surface area (Å²) in [6.45, 7) is 12.1. The molecule has 9 nitrogen and oxygen atoms in total. The van der Waals surface area contributed by atoms with Gasteiger partial charge in [-0.1, -0.05) is 20.8 Å². The Balaban J connectivity index is 1.66. The number of aryl methyl sites for hydroxylation is 2. The van der Waals surface area contributed by atoms with Crippen molar-refractivity contribution in [3.63, 3.8) is 0 Å². The fourth-order valence-corrected chi connectivity index (χ4v) is 3.47. The zero-order valence-corrected chi connectivity index (χ0v) is 20.0. The predicted molar refractivity (Wildman–Crippen MR) is 131 cm³/mol. The molecule has 3 aromatic heterocycles. The molecule has 0 atom stereocenters. The molecule has 0 amide bonds. The van der Waals surface area contributed by atoms with Crippen LogP contribution >= 0.6 is 0 Å². The summed E-state index contributed by atoms with van der Waals surface area (Å²) in [5.74, 6) is 2.68. The number of benzene rings is 1. The lowest BCUT2D eigenvalue weighted by molar-refractivity contribution is 0.417. The molecule has 0 aliphatic rings. The lowest BCUT2D eigenvalue weighted by Gasteiger charge is -2.20. The van der Waals surface area contributed by atoms with Crippen LogP contribution in [0.1, 0.15) is 33.4 Å². The van der Waals surface area contributed by atoms with Gasteiger partial charge in [0.1, 0.15) is 17.6 Å². The lowest BCUT2D eigenvalue weighted by Crippen LogP contribution is -2.20. The molecule has 0 bridgehead atoms. The Morgan fingerprint density at radius 3 is 2.67 bits per heavy atom. The molecule has 33 heavy (non-hydrogen) atoms. The molecule has 4 rings (SSSR count). The monoisotopic (exact) mass is 446 g/mol. The maximum absolute atomic E-state index is 5.63. The molecule has 4 aromatic rings. The van der Waals surface area contributed by atoms with Crippen LogP contribution in [0.3, 0.4) is 0 Å². The minimum Gasteiger partial charge on any atom is -0.495 e. The van der Waals surface area contributed by atoms with E-state index in [1.807, 2.05) is 42.0 Å². The lowest BCUT2D eigenvalue weighted by atomic mass is 9.97. The Kier molecular flexibility index (Phi) is 6.13. The van der Waals surface area contributed by atoms with Gasteiger partial charge >= 0.3 is 0 Å². The number of hydrogen-bond donors (Lipinski definition) is 2. The van der Waals surface area contributed by atoms with Gasteiger partial charge in [-0.3, -0.25) is 0 Å². The van der Waals surface area contributed by atoms with Crippen molar-refractivity contribution in [1.82, 2.24) is 29.7 Å². The van der Waals surface area contributed by atoms with Crippen molar-refractivity contribution in [2.75, 3.05) is 24.3 Å². The molecule has 172 valence electrons. The highest BCUT2D eigenvalue weighted by molar-refractivity contribution is 5.89. The second-order valence-corrected chi connectivity index (χ2v) is 9.14. The molecule has 0 radical (unpaired) electrons. The summed E-state index contributed by atoms with van der Waals surface area (Å²) in [5, 5.41) is 15.9. The van der Waals surface area contributed by atoms with Gasteiger partial charge in [-0.05, 0) is 43.5 Å². The van der Waals surface area contributed by atoms with Crippen LogP contribution in [0.5, 0.6) is 5.75 Å². The number of methoxy groups -OCH3 is 1. The summed E-state index contributed by atoms with van der Waals surface area (Å²) in [7, 11) is 1.64. The van der Waals surface area contributed by atoms with E-state index < -0.39 is 0 Å². The predicted octanol–water partition coefficient (Wildman–Crippen LogP) is 4.82. The average molecular weight is 447 g/mol.